The number of carbonyl (C=O) groups is 1. The van der Waals surface area contributed by atoms with Gasteiger partial charge in [0.15, 0.2) is 0 Å². The lowest BCUT2D eigenvalue weighted by molar-refractivity contribution is 0.0589. The molecule has 0 unspecified atom stereocenters. The Morgan fingerprint density at radius 1 is 1.47 bits per heavy atom. The van der Waals surface area contributed by atoms with Gasteiger partial charge in [0.1, 0.15) is 5.54 Å². The van der Waals surface area contributed by atoms with Crippen LogP contribution in [-0.4, -0.2) is 28.4 Å². The standard InChI is InChI=1S/C14H16ClN3O/c1-18(14(10-16)6-3-2-4-7-14)13(19)11-5-8-17-9-12(11)15/h5,8-9H,2-4,6-7H2,1H3. The van der Waals surface area contributed by atoms with Gasteiger partial charge in [-0.05, 0) is 18.9 Å². The van der Waals surface area contributed by atoms with E-state index in [1.807, 2.05) is 0 Å². The molecule has 2 rings (SSSR count). The highest BCUT2D eigenvalue weighted by Gasteiger charge is 2.39. The molecule has 0 radical (unpaired) electrons. The topological polar surface area (TPSA) is 57.0 Å². The molecule has 1 heterocycles. The Hall–Kier alpha value is -1.60. The minimum Gasteiger partial charge on any atom is -0.323 e. The van der Waals surface area contributed by atoms with Crippen LogP contribution in [0.1, 0.15) is 42.5 Å². The zero-order chi connectivity index (χ0) is 13.9. The van der Waals surface area contributed by atoms with Crippen molar-refractivity contribution in [3.05, 3.63) is 29.0 Å². The Kier molecular flexibility index (Phi) is 4.06. The lowest BCUT2D eigenvalue weighted by atomic mass is 9.81. The fourth-order valence-corrected chi connectivity index (χ4v) is 2.78. The van der Waals surface area contributed by atoms with Crippen LogP contribution in [0.4, 0.5) is 0 Å². The molecule has 19 heavy (non-hydrogen) atoms. The highest BCUT2D eigenvalue weighted by atomic mass is 35.5. The predicted octanol–water partition coefficient (Wildman–Crippen LogP) is 3.03. The summed E-state index contributed by atoms with van der Waals surface area (Å²) in [6.45, 7) is 0. The van der Waals surface area contributed by atoms with Crippen molar-refractivity contribution < 1.29 is 4.79 Å². The molecule has 1 aliphatic rings. The summed E-state index contributed by atoms with van der Waals surface area (Å²) in [5.74, 6) is -0.212. The molecule has 0 N–H and O–H groups in total. The first kappa shape index (κ1) is 13.8. The van der Waals surface area contributed by atoms with Gasteiger partial charge >= 0.3 is 0 Å². The third kappa shape index (κ3) is 2.57. The van der Waals surface area contributed by atoms with E-state index in [1.54, 1.807) is 18.0 Å². The van der Waals surface area contributed by atoms with Crippen molar-refractivity contribution in [2.45, 2.75) is 37.6 Å². The normalized spacial score (nSPS) is 17.5. The minimum absolute atomic E-state index is 0.212. The van der Waals surface area contributed by atoms with Crippen molar-refractivity contribution in [1.82, 2.24) is 9.88 Å². The lowest BCUT2D eigenvalue weighted by Crippen LogP contribution is -2.49. The van der Waals surface area contributed by atoms with Gasteiger partial charge in [0.05, 0.1) is 16.7 Å². The van der Waals surface area contributed by atoms with E-state index in [4.69, 9.17) is 11.6 Å². The first-order valence-electron chi connectivity index (χ1n) is 6.40. The molecule has 5 heteroatoms. The number of carbonyl (C=O) groups excluding carboxylic acids is 1. The van der Waals surface area contributed by atoms with Gasteiger partial charge in [0, 0.05) is 19.4 Å². The number of rotatable bonds is 2. The van der Waals surface area contributed by atoms with Gasteiger partial charge in [-0.1, -0.05) is 30.9 Å². The third-order valence-corrected chi connectivity index (χ3v) is 4.14. The Labute approximate surface area is 118 Å². The van der Waals surface area contributed by atoms with E-state index in [9.17, 15) is 10.1 Å². The fourth-order valence-electron chi connectivity index (χ4n) is 2.58. The van der Waals surface area contributed by atoms with Crippen LogP contribution in [-0.2, 0) is 0 Å². The molecule has 1 saturated carbocycles. The molecule has 0 bridgehead atoms. The summed E-state index contributed by atoms with van der Waals surface area (Å²) in [5.41, 5.74) is -0.290. The monoisotopic (exact) mass is 277 g/mol. The van der Waals surface area contributed by atoms with Gasteiger partial charge in [0.25, 0.3) is 5.91 Å². The van der Waals surface area contributed by atoms with Gasteiger partial charge in [-0.3, -0.25) is 9.78 Å². The number of nitrogens with zero attached hydrogens (tertiary/aromatic N) is 3. The molecule has 1 aromatic rings. The zero-order valence-corrected chi connectivity index (χ0v) is 11.7. The van der Waals surface area contributed by atoms with Crippen LogP contribution in [0.2, 0.25) is 5.02 Å². The highest BCUT2D eigenvalue weighted by molar-refractivity contribution is 6.33. The average molecular weight is 278 g/mol. The Morgan fingerprint density at radius 2 is 2.16 bits per heavy atom. The maximum Gasteiger partial charge on any atom is 0.256 e. The second-order valence-electron chi connectivity index (χ2n) is 4.92. The maximum atomic E-state index is 12.5. The number of halogens is 1. The van der Waals surface area contributed by atoms with Crippen LogP contribution in [0.5, 0.6) is 0 Å². The van der Waals surface area contributed by atoms with Gasteiger partial charge in [-0.2, -0.15) is 5.26 Å². The van der Waals surface area contributed by atoms with Crippen LogP contribution in [0.3, 0.4) is 0 Å². The second kappa shape index (κ2) is 5.58. The van der Waals surface area contributed by atoms with E-state index < -0.39 is 5.54 Å². The van der Waals surface area contributed by atoms with Crippen molar-refractivity contribution >= 4 is 17.5 Å². The van der Waals surface area contributed by atoms with E-state index in [-0.39, 0.29) is 5.91 Å². The first-order chi connectivity index (χ1) is 9.10. The predicted molar refractivity (Wildman–Crippen MR) is 72.8 cm³/mol. The first-order valence-corrected chi connectivity index (χ1v) is 6.77. The van der Waals surface area contributed by atoms with Gasteiger partial charge in [-0.15, -0.1) is 0 Å². The third-order valence-electron chi connectivity index (χ3n) is 3.84. The summed E-state index contributed by atoms with van der Waals surface area (Å²) in [6.07, 6.45) is 7.53. The second-order valence-corrected chi connectivity index (χ2v) is 5.33. The summed E-state index contributed by atoms with van der Waals surface area (Å²) in [7, 11) is 1.69. The maximum absolute atomic E-state index is 12.5. The van der Waals surface area contributed by atoms with Crippen molar-refractivity contribution in [2.75, 3.05) is 7.05 Å². The SMILES string of the molecule is CN(C(=O)c1ccncc1Cl)C1(C#N)CCCCC1. The highest BCUT2D eigenvalue weighted by Crippen LogP contribution is 2.33. The van der Waals surface area contributed by atoms with Crippen molar-refractivity contribution in [1.29, 1.82) is 5.26 Å². The molecular weight excluding hydrogens is 262 g/mol. The van der Waals surface area contributed by atoms with E-state index >= 15 is 0 Å². The number of nitriles is 1. The molecule has 4 nitrogen and oxygen atoms in total. The summed E-state index contributed by atoms with van der Waals surface area (Å²) in [6, 6.07) is 3.93. The molecule has 1 amide bonds. The minimum atomic E-state index is -0.693. The Morgan fingerprint density at radius 3 is 2.74 bits per heavy atom. The van der Waals surface area contributed by atoms with E-state index in [1.165, 1.54) is 12.4 Å². The number of pyridine rings is 1. The molecular formula is C14H16ClN3O. The number of hydrogen-bond donors (Lipinski definition) is 0. The number of hydrogen-bond acceptors (Lipinski definition) is 3. The summed E-state index contributed by atoms with van der Waals surface area (Å²) in [4.78, 5) is 17.9. The molecule has 1 fully saturated rings. The number of aromatic nitrogens is 1. The van der Waals surface area contributed by atoms with Crippen molar-refractivity contribution in [3.8, 4) is 6.07 Å². The molecule has 0 aliphatic heterocycles. The average Bonchev–Trinajstić information content (AvgIpc) is 2.47. The largest absolute Gasteiger partial charge is 0.323 e. The van der Waals surface area contributed by atoms with Crippen LogP contribution in [0, 0.1) is 11.3 Å². The van der Waals surface area contributed by atoms with Crippen molar-refractivity contribution in [2.24, 2.45) is 0 Å². The van der Waals surface area contributed by atoms with E-state index in [2.05, 4.69) is 11.1 Å². The van der Waals surface area contributed by atoms with Crippen molar-refractivity contribution in [3.63, 3.8) is 0 Å². The van der Waals surface area contributed by atoms with Gasteiger partial charge in [0.2, 0.25) is 0 Å². The van der Waals surface area contributed by atoms with E-state index in [0.29, 0.717) is 10.6 Å². The summed E-state index contributed by atoms with van der Waals surface area (Å²) < 4.78 is 0. The van der Waals surface area contributed by atoms with Crippen LogP contribution < -0.4 is 0 Å². The molecule has 1 aromatic heterocycles. The molecule has 1 aliphatic carbocycles. The Balaban J connectivity index is 2.28. The molecule has 0 saturated heterocycles. The summed E-state index contributed by atoms with van der Waals surface area (Å²) >= 11 is 6.00. The van der Waals surface area contributed by atoms with Crippen LogP contribution in [0.15, 0.2) is 18.5 Å². The fraction of sp³-hybridized carbons (Fsp3) is 0.500. The molecule has 0 spiro atoms. The molecule has 0 aromatic carbocycles. The smallest absolute Gasteiger partial charge is 0.256 e. The zero-order valence-electron chi connectivity index (χ0n) is 10.9. The summed E-state index contributed by atoms with van der Waals surface area (Å²) in [5, 5.41) is 9.81. The quantitative estimate of drug-likeness (QED) is 0.835. The molecule has 0 atom stereocenters. The van der Waals surface area contributed by atoms with Crippen LogP contribution in [0.25, 0.3) is 0 Å². The Bertz CT molecular complexity index is 518. The van der Waals surface area contributed by atoms with Gasteiger partial charge < -0.3 is 4.90 Å². The van der Waals surface area contributed by atoms with Crippen LogP contribution >= 0.6 is 11.6 Å². The van der Waals surface area contributed by atoms with Gasteiger partial charge in [-0.25, -0.2) is 0 Å². The number of amides is 1. The van der Waals surface area contributed by atoms with E-state index in [0.717, 1.165) is 32.1 Å². The lowest BCUT2D eigenvalue weighted by Gasteiger charge is -2.39. The molecule has 100 valence electrons.